The van der Waals surface area contributed by atoms with E-state index in [1.807, 2.05) is 11.9 Å². The van der Waals surface area contributed by atoms with Gasteiger partial charge in [-0.25, -0.2) is 4.79 Å². The summed E-state index contributed by atoms with van der Waals surface area (Å²) < 4.78 is 1.15. The molecule has 1 aliphatic rings. The third-order valence-electron chi connectivity index (χ3n) is 4.84. The highest BCUT2D eigenvalue weighted by molar-refractivity contribution is 5.97. The van der Waals surface area contributed by atoms with Gasteiger partial charge in [0.15, 0.2) is 0 Å². The van der Waals surface area contributed by atoms with E-state index >= 15 is 0 Å². The highest BCUT2D eigenvalue weighted by Crippen LogP contribution is 2.19. The molecule has 8 heteroatoms. The van der Waals surface area contributed by atoms with Crippen LogP contribution in [0.5, 0.6) is 0 Å². The molecule has 1 amide bonds. The van der Waals surface area contributed by atoms with E-state index in [0.717, 1.165) is 37.0 Å². The van der Waals surface area contributed by atoms with E-state index in [1.54, 1.807) is 25.1 Å². The predicted molar refractivity (Wildman–Crippen MR) is 104 cm³/mol. The number of likely N-dealkylation sites (tertiary alicyclic amines) is 1. The van der Waals surface area contributed by atoms with Crippen LogP contribution < -0.4 is 16.6 Å². The number of H-pyrrole nitrogens is 1. The van der Waals surface area contributed by atoms with Gasteiger partial charge in [0.05, 0.1) is 10.9 Å². The maximum Gasteiger partial charge on any atom is 0.328 e. The van der Waals surface area contributed by atoms with Crippen molar-refractivity contribution >= 4 is 29.2 Å². The molecule has 1 unspecified atom stereocenters. The van der Waals surface area contributed by atoms with Crippen LogP contribution >= 0.6 is 12.4 Å². The number of amides is 1. The van der Waals surface area contributed by atoms with Gasteiger partial charge in [-0.3, -0.25) is 14.2 Å². The number of benzene rings is 1. The minimum atomic E-state index is -0.448. The molecule has 2 heterocycles. The maximum absolute atomic E-state index is 12.8. The summed E-state index contributed by atoms with van der Waals surface area (Å²) in [5.41, 5.74) is 0.139. The average molecular weight is 381 g/mol. The van der Waals surface area contributed by atoms with E-state index in [0.29, 0.717) is 28.9 Å². The highest BCUT2D eigenvalue weighted by atomic mass is 35.5. The molecule has 0 radical (unpaired) electrons. The molecule has 2 N–H and O–H groups in total. The second kappa shape index (κ2) is 8.51. The van der Waals surface area contributed by atoms with Crippen molar-refractivity contribution in [3.8, 4) is 0 Å². The largest absolute Gasteiger partial charge is 0.338 e. The molecule has 7 nitrogen and oxygen atoms in total. The van der Waals surface area contributed by atoms with Crippen LogP contribution in [-0.2, 0) is 6.54 Å². The summed E-state index contributed by atoms with van der Waals surface area (Å²) in [5.74, 6) is 0.406. The number of carbonyl (C=O) groups is 1. The van der Waals surface area contributed by atoms with Crippen molar-refractivity contribution in [1.82, 2.24) is 19.8 Å². The van der Waals surface area contributed by atoms with Crippen LogP contribution in [0.2, 0.25) is 0 Å². The van der Waals surface area contributed by atoms with E-state index in [-0.39, 0.29) is 23.9 Å². The maximum atomic E-state index is 12.8. The molecule has 2 aromatic rings. The van der Waals surface area contributed by atoms with Crippen molar-refractivity contribution in [1.29, 1.82) is 0 Å². The topological polar surface area (TPSA) is 87.2 Å². The first-order chi connectivity index (χ1) is 12.0. The molecule has 0 bridgehead atoms. The molecule has 3 rings (SSSR count). The summed E-state index contributed by atoms with van der Waals surface area (Å²) in [7, 11) is 1.92. The number of halogens is 1. The summed E-state index contributed by atoms with van der Waals surface area (Å²) >= 11 is 0. The van der Waals surface area contributed by atoms with Crippen LogP contribution in [0.25, 0.3) is 10.9 Å². The van der Waals surface area contributed by atoms with Gasteiger partial charge in [-0.05, 0) is 57.5 Å². The smallest absolute Gasteiger partial charge is 0.328 e. The standard InChI is InChI=1S/C18H24N4O3.ClH/c1-3-22-17(24)14-7-6-13(9-15(14)20-18(22)25)16(23)21-8-4-5-12(11-21)10-19-2;/h6-7,9,12,19H,3-5,8,10-11H2,1-2H3,(H,20,25);1H. The SMILES string of the molecule is CCn1c(=O)[nH]c2cc(C(=O)N3CCCC(CNC)C3)ccc2c1=O.Cl. The highest BCUT2D eigenvalue weighted by Gasteiger charge is 2.24. The van der Waals surface area contributed by atoms with Crippen LogP contribution in [0.4, 0.5) is 0 Å². The minimum Gasteiger partial charge on any atom is -0.338 e. The second-order valence-electron chi connectivity index (χ2n) is 6.56. The van der Waals surface area contributed by atoms with Crippen molar-refractivity contribution in [3.63, 3.8) is 0 Å². The molecule has 0 spiro atoms. The van der Waals surface area contributed by atoms with Gasteiger partial charge >= 0.3 is 5.69 Å². The van der Waals surface area contributed by atoms with E-state index in [1.165, 1.54) is 0 Å². The van der Waals surface area contributed by atoms with Crippen LogP contribution in [0.3, 0.4) is 0 Å². The Morgan fingerprint density at radius 1 is 1.35 bits per heavy atom. The first-order valence-corrected chi connectivity index (χ1v) is 8.76. The normalized spacial score (nSPS) is 17.2. The lowest BCUT2D eigenvalue weighted by Crippen LogP contribution is -2.42. The van der Waals surface area contributed by atoms with Gasteiger partial charge in [-0.2, -0.15) is 0 Å². The van der Waals surface area contributed by atoms with Crippen molar-refractivity contribution in [2.45, 2.75) is 26.3 Å². The first kappa shape index (κ1) is 20.2. The predicted octanol–water partition coefficient (Wildman–Crippen LogP) is 1.20. The monoisotopic (exact) mass is 380 g/mol. The fourth-order valence-electron chi connectivity index (χ4n) is 3.56. The second-order valence-corrected chi connectivity index (χ2v) is 6.56. The molecular formula is C18H25ClN4O3. The van der Waals surface area contributed by atoms with Crippen LogP contribution in [0.15, 0.2) is 27.8 Å². The van der Waals surface area contributed by atoms with Crippen molar-refractivity contribution in [2.24, 2.45) is 5.92 Å². The fourth-order valence-corrected chi connectivity index (χ4v) is 3.56. The van der Waals surface area contributed by atoms with Gasteiger partial charge in [0.25, 0.3) is 11.5 Å². The lowest BCUT2D eigenvalue weighted by atomic mass is 9.97. The van der Waals surface area contributed by atoms with E-state index in [9.17, 15) is 14.4 Å². The number of nitrogens with one attached hydrogen (secondary N) is 2. The summed E-state index contributed by atoms with van der Waals surface area (Å²) in [6, 6.07) is 4.91. The molecule has 0 aliphatic carbocycles. The van der Waals surface area contributed by atoms with Crippen LogP contribution in [-0.4, -0.2) is 47.0 Å². The molecule has 0 saturated carbocycles. The Balaban J connectivity index is 0.00000243. The molecule has 1 aliphatic heterocycles. The van der Waals surface area contributed by atoms with E-state index in [4.69, 9.17) is 0 Å². The number of nitrogens with zero attached hydrogens (tertiary/aromatic N) is 2. The lowest BCUT2D eigenvalue weighted by Gasteiger charge is -2.32. The summed E-state index contributed by atoms with van der Waals surface area (Å²) in [6.45, 7) is 4.42. The third-order valence-corrected chi connectivity index (χ3v) is 4.84. The van der Waals surface area contributed by atoms with Crippen molar-refractivity contribution in [3.05, 3.63) is 44.6 Å². The first-order valence-electron chi connectivity index (χ1n) is 8.76. The number of aromatic amines is 1. The molecular weight excluding hydrogens is 356 g/mol. The van der Waals surface area contributed by atoms with Gasteiger partial charge in [-0.1, -0.05) is 0 Å². The number of hydrogen-bond donors (Lipinski definition) is 2. The summed E-state index contributed by atoms with van der Waals surface area (Å²) in [6.07, 6.45) is 2.11. The quantitative estimate of drug-likeness (QED) is 0.834. The Hall–Kier alpha value is -2.12. The Labute approximate surface area is 157 Å². The lowest BCUT2D eigenvalue weighted by molar-refractivity contribution is 0.0674. The van der Waals surface area contributed by atoms with Gasteiger partial charge in [0.1, 0.15) is 0 Å². The van der Waals surface area contributed by atoms with Crippen LogP contribution in [0, 0.1) is 5.92 Å². The summed E-state index contributed by atoms with van der Waals surface area (Å²) in [4.78, 5) is 41.7. The van der Waals surface area contributed by atoms with Crippen LogP contribution in [0.1, 0.15) is 30.1 Å². The van der Waals surface area contributed by atoms with E-state index < -0.39 is 5.69 Å². The van der Waals surface area contributed by atoms with Gasteiger partial charge in [0, 0.05) is 25.2 Å². The van der Waals surface area contributed by atoms with Gasteiger partial charge < -0.3 is 15.2 Å². The number of hydrogen-bond acceptors (Lipinski definition) is 4. The number of fused-ring (bicyclic) bond motifs is 1. The zero-order valence-electron chi connectivity index (χ0n) is 15.1. The van der Waals surface area contributed by atoms with Crippen molar-refractivity contribution in [2.75, 3.05) is 26.7 Å². The third kappa shape index (κ3) is 3.83. The summed E-state index contributed by atoms with van der Waals surface area (Å²) in [5, 5.41) is 3.59. The fraction of sp³-hybridized carbons (Fsp3) is 0.500. The molecule has 1 aromatic carbocycles. The molecule has 1 fully saturated rings. The molecule has 1 saturated heterocycles. The average Bonchev–Trinajstić information content (AvgIpc) is 2.61. The number of piperidine rings is 1. The Kier molecular flexibility index (Phi) is 6.61. The molecule has 26 heavy (non-hydrogen) atoms. The van der Waals surface area contributed by atoms with Gasteiger partial charge in [-0.15, -0.1) is 12.4 Å². The molecule has 1 aromatic heterocycles. The minimum absolute atomic E-state index is 0. The Morgan fingerprint density at radius 2 is 2.12 bits per heavy atom. The van der Waals surface area contributed by atoms with Crippen molar-refractivity contribution < 1.29 is 4.79 Å². The van der Waals surface area contributed by atoms with Gasteiger partial charge in [0.2, 0.25) is 0 Å². The zero-order chi connectivity index (χ0) is 18.0. The number of carbonyl (C=O) groups excluding carboxylic acids is 1. The Bertz CT molecular complexity index is 903. The number of rotatable bonds is 4. The molecule has 142 valence electrons. The Morgan fingerprint density at radius 3 is 2.81 bits per heavy atom. The molecule has 1 atom stereocenters. The number of aromatic nitrogens is 2. The van der Waals surface area contributed by atoms with E-state index in [2.05, 4.69) is 10.3 Å². The zero-order valence-corrected chi connectivity index (χ0v) is 15.9.